The Morgan fingerprint density at radius 2 is 1.06 bits per heavy atom. The first-order chi connectivity index (χ1) is 15.9. The summed E-state index contributed by atoms with van der Waals surface area (Å²) >= 11 is 0. The fraction of sp³-hybridized carbons (Fsp3) is 0.571. The number of phosphoric ester groups is 1. The number of rotatable bonds is 16. The third-order valence-electron chi connectivity index (χ3n) is 6.42. The molecule has 0 radical (unpaired) electrons. The standard InChI is InChI=1S/C28H43O4P/c1-5-9-11-23(7-3)21-25-13-17-27(18-14-25)31-33(29,30)32-28-19-15-26(16-20-28)22-24(8-4)12-10-6-2/h13-20,23-24H,5-12,21-22H2,1-4H3,(H,29,30). The summed E-state index contributed by atoms with van der Waals surface area (Å²) in [6.07, 6.45) is 11.8. The lowest BCUT2D eigenvalue weighted by atomic mass is 9.92. The molecule has 2 unspecified atom stereocenters. The minimum absolute atomic E-state index is 0.338. The molecule has 2 rings (SSSR count). The minimum Gasteiger partial charge on any atom is -0.395 e. The van der Waals surface area contributed by atoms with Gasteiger partial charge in [-0.3, -0.25) is 4.89 Å². The van der Waals surface area contributed by atoms with E-state index in [-0.39, 0.29) is 0 Å². The van der Waals surface area contributed by atoms with Gasteiger partial charge in [0.05, 0.1) is 0 Å². The van der Waals surface area contributed by atoms with Crippen LogP contribution in [0.1, 0.15) is 90.2 Å². The summed E-state index contributed by atoms with van der Waals surface area (Å²) in [4.78, 5) is 10.2. The molecule has 0 aliphatic rings. The van der Waals surface area contributed by atoms with Gasteiger partial charge in [0.2, 0.25) is 0 Å². The van der Waals surface area contributed by atoms with Crippen molar-refractivity contribution in [3.63, 3.8) is 0 Å². The average Bonchev–Trinajstić information content (AvgIpc) is 2.81. The Hall–Kier alpha value is -1.77. The maximum absolute atomic E-state index is 12.5. The van der Waals surface area contributed by atoms with E-state index in [1.807, 2.05) is 24.3 Å². The van der Waals surface area contributed by atoms with Crippen molar-refractivity contribution in [1.82, 2.24) is 0 Å². The molecule has 0 saturated carbocycles. The van der Waals surface area contributed by atoms with Crippen molar-refractivity contribution in [3.8, 4) is 11.5 Å². The Balaban J connectivity index is 1.90. The second-order valence-electron chi connectivity index (χ2n) is 9.18. The zero-order valence-electron chi connectivity index (χ0n) is 21.0. The van der Waals surface area contributed by atoms with Crippen LogP contribution in [-0.2, 0) is 17.4 Å². The van der Waals surface area contributed by atoms with Crippen molar-refractivity contribution in [2.24, 2.45) is 11.8 Å². The molecule has 0 heterocycles. The second-order valence-corrected chi connectivity index (χ2v) is 10.5. The molecule has 2 aromatic rings. The molecule has 2 atom stereocenters. The molecule has 0 spiro atoms. The fourth-order valence-electron chi connectivity index (χ4n) is 4.21. The lowest BCUT2D eigenvalue weighted by Crippen LogP contribution is -2.04. The summed E-state index contributed by atoms with van der Waals surface area (Å²) in [5.74, 6) is 2.02. The molecule has 0 bridgehead atoms. The van der Waals surface area contributed by atoms with Crippen LogP contribution in [-0.4, -0.2) is 4.89 Å². The molecule has 2 aromatic carbocycles. The first-order valence-corrected chi connectivity index (χ1v) is 14.3. The summed E-state index contributed by atoms with van der Waals surface area (Å²) in [7, 11) is -4.26. The van der Waals surface area contributed by atoms with Crippen LogP contribution in [0.2, 0.25) is 0 Å². The van der Waals surface area contributed by atoms with Crippen molar-refractivity contribution < 1.29 is 18.5 Å². The summed E-state index contributed by atoms with van der Waals surface area (Å²) in [6.45, 7) is 8.91. The van der Waals surface area contributed by atoms with E-state index in [4.69, 9.17) is 9.05 Å². The highest BCUT2D eigenvalue weighted by atomic mass is 31.2. The summed E-state index contributed by atoms with van der Waals surface area (Å²) < 4.78 is 23.1. The van der Waals surface area contributed by atoms with Gasteiger partial charge in [-0.2, -0.15) is 0 Å². The predicted octanol–water partition coefficient (Wildman–Crippen LogP) is 8.76. The van der Waals surface area contributed by atoms with Gasteiger partial charge >= 0.3 is 7.82 Å². The zero-order chi connectivity index (χ0) is 24.1. The SMILES string of the molecule is CCCCC(CC)Cc1ccc(OP(=O)(O)Oc2ccc(CC(CC)CCCC)cc2)cc1. The molecule has 0 aliphatic heterocycles. The third kappa shape index (κ3) is 10.4. The van der Waals surface area contributed by atoms with E-state index in [1.54, 1.807) is 24.3 Å². The van der Waals surface area contributed by atoms with Crippen molar-refractivity contribution in [3.05, 3.63) is 59.7 Å². The van der Waals surface area contributed by atoms with Crippen LogP contribution in [0.15, 0.2) is 48.5 Å². The van der Waals surface area contributed by atoms with Crippen LogP contribution in [0.3, 0.4) is 0 Å². The molecule has 4 nitrogen and oxygen atoms in total. The van der Waals surface area contributed by atoms with Gasteiger partial charge < -0.3 is 9.05 Å². The molecule has 1 N–H and O–H groups in total. The molecule has 0 saturated heterocycles. The average molecular weight is 475 g/mol. The van der Waals surface area contributed by atoms with Crippen molar-refractivity contribution in [2.45, 2.75) is 91.9 Å². The smallest absolute Gasteiger partial charge is 0.395 e. The van der Waals surface area contributed by atoms with Crippen LogP contribution in [0.5, 0.6) is 11.5 Å². The van der Waals surface area contributed by atoms with Crippen molar-refractivity contribution >= 4 is 7.82 Å². The molecule has 0 aliphatic carbocycles. The largest absolute Gasteiger partial charge is 0.584 e. The lowest BCUT2D eigenvalue weighted by molar-refractivity contribution is 0.291. The van der Waals surface area contributed by atoms with Crippen LogP contribution in [0.25, 0.3) is 0 Å². The number of phosphoric acid groups is 1. The highest BCUT2D eigenvalue weighted by Crippen LogP contribution is 2.44. The number of unbranched alkanes of at least 4 members (excludes halogenated alkanes) is 2. The van der Waals surface area contributed by atoms with E-state index in [1.165, 1.54) is 49.7 Å². The minimum atomic E-state index is -4.26. The van der Waals surface area contributed by atoms with Gasteiger partial charge in [-0.1, -0.05) is 103 Å². The summed E-state index contributed by atoms with van der Waals surface area (Å²) in [5, 5.41) is 0. The molecule has 184 valence electrons. The monoisotopic (exact) mass is 474 g/mol. The zero-order valence-corrected chi connectivity index (χ0v) is 21.9. The van der Waals surface area contributed by atoms with Gasteiger partial charge in [-0.05, 0) is 60.1 Å². The maximum atomic E-state index is 12.5. The Kier molecular flexibility index (Phi) is 12.1. The quantitative estimate of drug-likeness (QED) is 0.247. The number of hydrogen-bond acceptors (Lipinski definition) is 3. The molecule has 0 fully saturated rings. The Bertz CT molecular complexity index is 764. The Labute approximate surface area is 201 Å². The van der Waals surface area contributed by atoms with Gasteiger partial charge in [0, 0.05) is 0 Å². The topological polar surface area (TPSA) is 55.8 Å². The van der Waals surface area contributed by atoms with Gasteiger partial charge in [0.25, 0.3) is 0 Å². The van der Waals surface area contributed by atoms with Gasteiger partial charge in [-0.25, -0.2) is 4.57 Å². The van der Waals surface area contributed by atoms with E-state index in [9.17, 15) is 9.46 Å². The predicted molar refractivity (Wildman–Crippen MR) is 138 cm³/mol. The van der Waals surface area contributed by atoms with E-state index < -0.39 is 7.82 Å². The molecular formula is C28H43O4P. The summed E-state index contributed by atoms with van der Waals surface area (Å²) in [5.41, 5.74) is 2.44. The van der Waals surface area contributed by atoms with E-state index in [0.29, 0.717) is 23.3 Å². The summed E-state index contributed by atoms with van der Waals surface area (Å²) in [6, 6.07) is 14.9. The first kappa shape index (κ1) is 27.5. The Morgan fingerprint density at radius 1 is 0.697 bits per heavy atom. The second kappa shape index (κ2) is 14.5. The van der Waals surface area contributed by atoms with Crippen molar-refractivity contribution in [1.29, 1.82) is 0 Å². The van der Waals surface area contributed by atoms with Crippen LogP contribution in [0, 0.1) is 11.8 Å². The van der Waals surface area contributed by atoms with Crippen molar-refractivity contribution in [2.75, 3.05) is 0 Å². The van der Waals surface area contributed by atoms with E-state index in [2.05, 4.69) is 27.7 Å². The fourth-order valence-corrected chi connectivity index (χ4v) is 5.02. The van der Waals surface area contributed by atoms with Crippen LogP contribution in [0.4, 0.5) is 0 Å². The Morgan fingerprint density at radius 3 is 1.36 bits per heavy atom. The highest BCUT2D eigenvalue weighted by Gasteiger charge is 2.25. The highest BCUT2D eigenvalue weighted by molar-refractivity contribution is 7.48. The molecule has 33 heavy (non-hydrogen) atoms. The normalized spacial score (nSPS) is 14.9. The van der Waals surface area contributed by atoms with Crippen LogP contribution < -0.4 is 9.05 Å². The van der Waals surface area contributed by atoms with E-state index in [0.717, 1.165) is 25.7 Å². The number of benzene rings is 2. The van der Waals surface area contributed by atoms with E-state index >= 15 is 0 Å². The van der Waals surface area contributed by atoms with Gasteiger partial charge in [0.15, 0.2) is 0 Å². The third-order valence-corrected chi connectivity index (χ3v) is 7.31. The molecule has 5 heteroatoms. The lowest BCUT2D eigenvalue weighted by Gasteiger charge is -2.17. The van der Waals surface area contributed by atoms with Gasteiger partial charge in [0.1, 0.15) is 11.5 Å². The maximum Gasteiger partial charge on any atom is 0.584 e. The first-order valence-electron chi connectivity index (χ1n) is 12.8. The molecule has 0 aromatic heterocycles. The molecular weight excluding hydrogens is 431 g/mol. The number of hydrogen-bond donors (Lipinski definition) is 1. The molecule has 0 amide bonds. The van der Waals surface area contributed by atoms with Crippen LogP contribution >= 0.6 is 7.82 Å². The van der Waals surface area contributed by atoms with Gasteiger partial charge in [-0.15, -0.1) is 0 Å².